The molecule has 0 aliphatic rings. The van der Waals surface area contributed by atoms with E-state index in [-0.39, 0.29) is 40.5 Å². The van der Waals surface area contributed by atoms with Crippen molar-refractivity contribution >= 4 is 28.9 Å². The number of hydrogen-bond acceptors (Lipinski definition) is 11. The smallest absolute Gasteiger partial charge is 0.418 e. The van der Waals surface area contributed by atoms with Gasteiger partial charge in [-0.3, -0.25) is 9.36 Å². The summed E-state index contributed by atoms with van der Waals surface area (Å²) in [6, 6.07) is 16.3. The third-order valence-corrected chi connectivity index (χ3v) is 8.24. The van der Waals surface area contributed by atoms with Crippen molar-refractivity contribution in [3.63, 3.8) is 0 Å². The number of nitrogens with one attached hydrogen (secondary N) is 1. The Balaban J connectivity index is 1.42. The normalized spacial score (nSPS) is 12.2. The van der Waals surface area contributed by atoms with Crippen LogP contribution < -0.4 is 10.1 Å². The zero-order valence-corrected chi connectivity index (χ0v) is 29.7. The molecule has 3 aromatic carbocycles. The number of phenols is 1. The lowest BCUT2D eigenvalue weighted by Crippen LogP contribution is -2.37. The first-order valence-electron chi connectivity index (χ1n) is 16.4. The summed E-state index contributed by atoms with van der Waals surface area (Å²) in [5.41, 5.74) is 1.70. The molecule has 0 spiro atoms. The molecular weight excluding hydrogens is 668 g/mol. The number of benzene rings is 3. The van der Waals surface area contributed by atoms with Gasteiger partial charge in [-0.25, -0.2) is 19.6 Å². The Hall–Kier alpha value is -6.37. The number of ether oxygens (including phenoxy) is 3. The molecule has 0 bridgehead atoms. The van der Waals surface area contributed by atoms with Gasteiger partial charge >= 0.3 is 12.2 Å². The summed E-state index contributed by atoms with van der Waals surface area (Å²) in [6.45, 7) is 9.14. The highest BCUT2D eigenvalue weighted by molar-refractivity contribution is 6.15. The number of ketones is 1. The van der Waals surface area contributed by atoms with E-state index in [1.807, 2.05) is 13.8 Å². The maximum atomic E-state index is 13.7. The molecule has 0 radical (unpaired) electrons. The number of aromatic hydroxyl groups is 1. The van der Waals surface area contributed by atoms with Crippen molar-refractivity contribution in [3.8, 4) is 45.5 Å². The van der Waals surface area contributed by atoms with E-state index in [0.29, 0.717) is 38.9 Å². The van der Waals surface area contributed by atoms with Gasteiger partial charge in [0.15, 0.2) is 17.2 Å². The predicted molar refractivity (Wildman–Crippen MR) is 191 cm³/mol. The molecule has 2 N–H and O–H groups in total. The van der Waals surface area contributed by atoms with Crippen LogP contribution in [0.25, 0.3) is 44.9 Å². The fraction of sp³-hybridized carbons (Fsp3) is 0.256. The number of methoxy groups -OCH3 is 2. The van der Waals surface area contributed by atoms with Crippen molar-refractivity contribution in [1.29, 1.82) is 0 Å². The minimum atomic E-state index is -0.687. The van der Waals surface area contributed by atoms with E-state index in [9.17, 15) is 19.5 Å². The van der Waals surface area contributed by atoms with Crippen molar-refractivity contribution in [2.75, 3.05) is 14.2 Å². The third kappa shape index (κ3) is 6.84. The van der Waals surface area contributed by atoms with Crippen molar-refractivity contribution < 1.29 is 42.5 Å². The number of fused-ring (bicyclic) bond motifs is 1. The van der Waals surface area contributed by atoms with Gasteiger partial charge in [0.2, 0.25) is 11.8 Å². The molecule has 6 aromatic rings. The maximum Gasteiger partial charge on any atom is 0.418 e. The molecule has 13 heteroatoms. The number of aromatic nitrogens is 3. The van der Waals surface area contributed by atoms with Crippen LogP contribution in [0, 0.1) is 5.92 Å². The second-order valence-corrected chi connectivity index (χ2v) is 13.3. The molecule has 6 rings (SSSR count). The fourth-order valence-corrected chi connectivity index (χ4v) is 5.86. The van der Waals surface area contributed by atoms with E-state index >= 15 is 0 Å². The molecule has 0 aliphatic heterocycles. The van der Waals surface area contributed by atoms with Gasteiger partial charge in [-0.2, -0.15) is 0 Å². The number of nitrogens with zero attached hydrogens (tertiary/aromatic N) is 3. The molecule has 0 fully saturated rings. The summed E-state index contributed by atoms with van der Waals surface area (Å²) in [7, 11) is 2.74. The van der Waals surface area contributed by atoms with Gasteiger partial charge in [0, 0.05) is 22.7 Å². The molecule has 0 aliphatic carbocycles. The molecule has 3 heterocycles. The van der Waals surface area contributed by atoms with E-state index in [4.69, 9.17) is 23.0 Å². The van der Waals surface area contributed by atoms with Crippen LogP contribution in [0.3, 0.4) is 0 Å². The Morgan fingerprint density at radius 1 is 0.923 bits per heavy atom. The maximum absolute atomic E-state index is 13.7. The first-order chi connectivity index (χ1) is 24.8. The van der Waals surface area contributed by atoms with Crippen LogP contribution in [0.5, 0.6) is 11.5 Å². The minimum absolute atomic E-state index is 0.0672. The van der Waals surface area contributed by atoms with E-state index in [0.717, 1.165) is 0 Å². The summed E-state index contributed by atoms with van der Waals surface area (Å²) >= 11 is 0. The van der Waals surface area contributed by atoms with Gasteiger partial charge in [0.1, 0.15) is 29.4 Å². The SMILES string of the molecule is COC(=O)n1cc(-c2cnc(-c3coc([C@@H](NC(=O)OC(C)(C)C)C(C)C)n3)o2)c2c(-c3cccc(C(=O)c4ccccc4OC)c3O)cccc21. The molecule has 0 unspecified atom stereocenters. The Morgan fingerprint density at radius 3 is 2.35 bits per heavy atom. The number of carbonyl (C=O) groups is 3. The molecule has 52 heavy (non-hydrogen) atoms. The average molecular weight is 707 g/mol. The first-order valence-corrected chi connectivity index (χ1v) is 16.4. The minimum Gasteiger partial charge on any atom is -0.507 e. The van der Waals surface area contributed by atoms with Crippen molar-refractivity contribution in [2.24, 2.45) is 5.92 Å². The topological polar surface area (TPSA) is 168 Å². The number of amides is 1. The molecule has 1 atom stereocenters. The van der Waals surface area contributed by atoms with Crippen molar-refractivity contribution in [1.82, 2.24) is 19.9 Å². The van der Waals surface area contributed by atoms with Crippen LogP contribution in [0.15, 0.2) is 88.2 Å². The molecule has 1 amide bonds. The molecule has 13 nitrogen and oxygen atoms in total. The first kappa shape index (κ1) is 35.5. The number of para-hydroxylation sites is 2. The summed E-state index contributed by atoms with van der Waals surface area (Å²) < 4.78 is 29.2. The quantitative estimate of drug-likeness (QED) is 0.139. The van der Waals surface area contributed by atoms with Crippen molar-refractivity contribution in [3.05, 3.63) is 96.3 Å². The van der Waals surface area contributed by atoms with Gasteiger partial charge < -0.3 is 33.5 Å². The number of carbonyl (C=O) groups excluding carboxylic acids is 3. The lowest BCUT2D eigenvalue weighted by Gasteiger charge is -2.24. The second-order valence-electron chi connectivity index (χ2n) is 13.3. The Kier molecular flexibility index (Phi) is 9.61. The number of phenolic OH excluding ortho intramolecular Hbond substituents is 1. The van der Waals surface area contributed by atoms with Gasteiger partial charge in [0.05, 0.1) is 37.1 Å². The Morgan fingerprint density at radius 2 is 1.63 bits per heavy atom. The standard InChI is InChI=1S/C39H38N4O9/c1-21(2)32(42-37(46)52-39(3,4)5)36-41-27(20-50-36)35-40-18-30(51-35)26-19-43(38(47)49-7)28-16-11-13-22(31(26)28)23-14-10-15-25(33(23)44)34(45)24-12-8-9-17-29(24)48-6/h8-21,32,44H,1-7H3,(H,42,46)/t32-/m0/s1. The van der Waals surface area contributed by atoms with Gasteiger partial charge in [-0.15, -0.1) is 0 Å². The number of alkyl carbamates (subject to hydrolysis) is 1. The third-order valence-electron chi connectivity index (χ3n) is 8.24. The van der Waals surface area contributed by atoms with Crippen LogP contribution in [-0.4, -0.2) is 57.4 Å². The van der Waals surface area contributed by atoms with E-state index in [1.54, 1.807) is 81.6 Å². The zero-order chi connectivity index (χ0) is 37.3. The van der Waals surface area contributed by atoms with Crippen LogP contribution in [0.4, 0.5) is 9.59 Å². The molecular formula is C39H38N4O9. The zero-order valence-electron chi connectivity index (χ0n) is 29.7. The number of oxazole rings is 2. The lowest BCUT2D eigenvalue weighted by atomic mass is 9.93. The average Bonchev–Trinajstić information content (AvgIpc) is 3.88. The summed E-state index contributed by atoms with van der Waals surface area (Å²) in [4.78, 5) is 48.2. The highest BCUT2D eigenvalue weighted by Gasteiger charge is 2.29. The summed E-state index contributed by atoms with van der Waals surface area (Å²) in [6.07, 6.45) is 3.15. The fourth-order valence-electron chi connectivity index (χ4n) is 5.86. The lowest BCUT2D eigenvalue weighted by molar-refractivity contribution is 0.0479. The summed E-state index contributed by atoms with van der Waals surface area (Å²) in [5.74, 6) is 0.220. The van der Waals surface area contributed by atoms with E-state index in [2.05, 4.69) is 15.3 Å². The van der Waals surface area contributed by atoms with Crippen LogP contribution in [0.1, 0.15) is 62.5 Å². The molecule has 3 aromatic heterocycles. The van der Waals surface area contributed by atoms with Crippen LogP contribution >= 0.6 is 0 Å². The second kappa shape index (κ2) is 14.1. The summed E-state index contributed by atoms with van der Waals surface area (Å²) in [5, 5.41) is 15.0. The highest BCUT2D eigenvalue weighted by Crippen LogP contribution is 2.43. The Bertz CT molecular complexity index is 2290. The van der Waals surface area contributed by atoms with Gasteiger partial charge in [-0.1, -0.05) is 50.2 Å². The van der Waals surface area contributed by atoms with E-state index < -0.39 is 29.6 Å². The highest BCUT2D eigenvalue weighted by atomic mass is 16.6. The number of rotatable bonds is 9. The van der Waals surface area contributed by atoms with Crippen LogP contribution in [-0.2, 0) is 9.47 Å². The Labute approximate surface area is 299 Å². The largest absolute Gasteiger partial charge is 0.507 e. The van der Waals surface area contributed by atoms with Crippen molar-refractivity contribution in [2.45, 2.75) is 46.3 Å². The molecule has 0 saturated heterocycles. The predicted octanol–water partition coefficient (Wildman–Crippen LogP) is 8.40. The van der Waals surface area contributed by atoms with Gasteiger partial charge in [0.25, 0.3) is 0 Å². The molecule has 268 valence electrons. The molecule has 0 saturated carbocycles. The number of hydrogen-bond donors (Lipinski definition) is 2. The van der Waals surface area contributed by atoms with E-state index in [1.165, 1.54) is 37.3 Å². The van der Waals surface area contributed by atoms with Gasteiger partial charge in [-0.05, 0) is 56.5 Å². The van der Waals surface area contributed by atoms with Crippen LogP contribution in [0.2, 0.25) is 0 Å². The monoisotopic (exact) mass is 706 g/mol.